The van der Waals surface area contributed by atoms with Gasteiger partial charge in [-0.25, -0.2) is 0 Å². The molecule has 0 radical (unpaired) electrons. The molecule has 1 aromatic rings. The molecule has 1 saturated carbocycles. The number of hydrogen-bond donors (Lipinski definition) is 1. The predicted octanol–water partition coefficient (Wildman–Crippen LogP) is 3.30. The summed E-state index contributed by atoms with van der Waals surface area (Å²) >= 11 is 1.78. The highest BCUT2D eigenvalue weighted by atomic mass is 32.2. The molecule has 0 unspecified atom stereocenters. The molecule has 0 saturated heterocycles. The molecule has 1 N–H and O–H groups in total. The lowest BCUT2D eigenvalue weighted by atomic mass is 9.87. The van der Waals surface area contributed by atoms with Gasteiger partial charge in [-0.15, -0.1) is 11.8 Å². The highest BCUT2D eigenvalue weighted by Gasteiger charge is 2.43. The number of carbonyl (C=O) groups excluding carboxylic acids is 1. The Hall–Kier alpha value is -1.16. The number of fused-ring (bicyclic) bond motifs is 1. The lowest BCUT2D eigenvalue weighted by Crippen LogP contribution is -2.34. The van der Waals surface area contributed by atoms with Crippen LogP contribution in [0.4, 0.5) is 5.69 Å². The number of benzene rings is 1. The van der Waals surface area contributed by atoms with Crippen LogP contribution in [0.5, 0.6) is 5.75 Å². The third-order valence-corrected chi connectivity index (χ3v) is 5.34. The van der Waals surface area contributed by atoms with E-state index in [9.17, 15) is 4.79 Å². The fraction of sp³-hybridized carbons (Fsp3) is 0.500. The number of anilines is 1. The predicted molar refractivity (Wildman–Crippen MR) is 73.2 cm³/mol. The summed E-state index contributed by atoms with van der Waals surface area (Å²) in [5, 5.41) is 3.09. The molecular formula is C14H17NO2S. The van der Waals surface area contributed by atoms with Gasteiger partial charge in [0, 0.05) is 10.6 Å². The molecule has 1 amide bonds. The summed E-state index contributed by atoms with van der Waals surface area (Å²) in [7, 11) is 1.64. The van der Waals surface area contributed by atoms with Gasteiger partial charge in [-0.05, 0) is 25.0 Å². The van der Waals surface area contributed by atoms with Crippen LogP contribution < -0.4 is 10.1 Å². The quantitative estimate of drug-likeness (QED) is 0.845. The number of nitrogens with one attached hydrogen (secondary N) is 1. The molecule has 1 heterocycles. The van der Waals surface area contributed by atoms with Crippen molar-refractivity contribution in [2.45, 2.75) is 30.6 Å². The maximum absolute atomic E-state index is 12.5. The molecule has 4 heteroatoms. The second-order valence-electron chi connectivity index (χ2n) is 5.06. The normalized spacial score (nSPS) is 21.3. The van der Waals surface area contributed by atoms with Gasteiger partial charge in [-0.2, -0.15) is 0 Å². The van der Waals surface area contributed by atoms with E-state index in [0.29, 0.717) is 0 Å². The van der Waals surface area contributed by atoms with Crippen LogP contribution in [0.1, 0.15) is 25.7 Å². The van der Waals surface area contributed by atoms with E-state index in [4.69, 9.17) is 4.74 Å². The van der Waals surface area contributed by atoms with E-state index in [1.54, 1.807) is 18.9 Å². The van der Waals surface area contributed by atoms with E-state index < -0.39 is 0 Å². The number of para-hydroxylation sites is 1. The Morgan fingerprint density at radius 2 is 2.11 bits per heavy atom. The van der Waals surface area contributed by atoms with Gasteiger partial charge < -0.3 is 10.1 Å². The maximum atomic E-state index is 12.5. The maximum Gasteiger partial charge on any atom is 0.231 e. The zero-order valence-corrected chi connectivity index (χ0v) is 11.3. The standard InChI is InChI=1S/C14H17NO2S/c1-17-10-5-4-6-11-12(10)15-13(16)14(9-18-11)7-2-3-8-14/h4-6H,2-3,7-9H2,1H3,(H,15,16). The van der Waals surface area contributed by atoms with Crippen LogP contribution in [-0.2, 0) is 4.79 Å². The summed E-state index contributed by atoms with van der Waals surface area (Å²) in [5.74, 6) is 1.82. The molecule has 1 aromatic carbocycles. The Bertz CT molecular complexity index is 481. The van der Waals surface area contributed by atoms with Crippen molar-refractivity contribution in [1.82, 2.24) is 0 Å². The summed E-state index contributed by atoms with van der Waals surface area (Å²) < 4.78 is 5.34. The highest BCUT2D eigenvalue weighted by Crippen LogP contribution is 2.48. The highest BCUT2D eigenvalue weighted by molar-refractivity contribution is 7.99. The molecule has 2 aliphatic rings. The summed E-state index contributed by atoms with van der Waals surface area (Å²) in [6.07, 6.45) is 4.37. The van der Waals surface area contributed by atoms with Crippen molar-refractivity contribution < 1.29 is 9.53 Å². The van der Waals surface area contributed by atoms with Crippen LogP contribution in [0.3, 0.4) is 0 Å². The van der Waals surface area contributed by atoms with E-state index in [1.165, 1.54) is 12.8 Å². The minimum Gasteiger partial charge on any atom is -0.495 e. The van der Waals surface area contributed by atoms with Crippen molar-refractivity contribution in [3.05, 3.63) is 18.2 Å². The van der Waals surface area contributed by atoms with Gasteiger partial charge >= 0.3 is 0 Å². The Balaban J connectivity index is 1.98. The van der Waals surface area contributed by atoms with E-state index in [-0.39, 0.29) is 11.3 Å². The minimum atomic E-state index is -0.158. The molecular weight excluding hydrogens is 246 g/mol. The SMILES string of the molecule is COc1cccc2c1NC(=O)C1(CCCC1)CS2. The summed E-state index contributed by atoms with van der Waals surface area (Å²) in [4.78, 5) is 13.6. The Morgan fingerprint density at radius 3 is 2.83 bits per heavy atom. The van der Waals surface area contributed by atoms with Gasteiger partial charge in [0.05, 0.1) is 18.2 Å². The second-order valence-corrected chi connectivity index (χ2v) is 6.08. The summed E-state index contributed by atoms with van der Waals surface area (Å²) in [6, 6.07) is 5.92. The first-order chi connectivity index (χ1) is 8.75. The van der Waals surface area contributed by atoms with Gasteiger partial charge in [0.15, 0.2) is 0 Å². The number of amides is 1. The average Bonchev–Trinajstić information content (AvgIpc) is 2.81. The topological polar surface area (TPSA) is 38.3 Å². The second kappa shape index (κ2) is 4.50. The lowest BCUT2D eigenvalue weighted by molar-refractivity contribution is -0.124. The third-order valence-electron chi connectivity index (χ3n) is 3.99. The first kappa shape index (κ1) is 11.9. The Morgan fingerprint density at radius 1 is 1.33 bits per heavy atom. The number of rotatable bonds is 1. The Kier molecular flexibility index (Phi) is 2.98. The molecule has 0 aromatic heterocycles. The van der Waals surface area contributed by atoms with E-state index in [1.807, 2.05) is 12.1 Å². The molecule has 1 spiro atoms. The van der Waals surface area contributed by atoms with Crippen LogP contribution in [-0.4, -0.2) is 18.8 Å². The average molecular weight is 263 g/mol. The van der Waals surface area contributed by atoms with Gasteiger partial charge in [-0.3, -0.25) is 4.79 Å². The smallest absolute Gasteiger partial charge is 0.231 e. The van der Waals surface area contributed by atoms with E-state index >= 15 is 0 Å². The molecule has 1 aliphatic heterocycles. The molecule has 0 bridgehead atoms. The number of methoxy groups -OCH3 is 1. The van der Waals surface area contributed by atoms with Crippen LogP contribution in [0.15, 0.2) is 23.1 Å². The first-order valence-electron chi connectivity index (χ1n) is 6.36. The molecule has 3 rings (SSSR count). The lowest BCUT2D eigenvalue weighted by Gasteiger charge is -2.24. The largest absolute Gasteiger partial charge is 0.495 e. The van der Waals surface area contributed by atoms with Crippen molar-refractivity contribution in [2.24, 2.45) is 5.41 Å². The van der Waals surface area contributed by atoms with E-state index in [2.05, 4.69) is 11.4 Å². The number of hydrogen-bond acceptors (Lipinski definition) is 3. The van der Waals surface area contributed by atoms with Gasteiger partial charge in [-0.1, -0.05) is 18.9 Å². The summed E-state index contributed by atoms with van der Waals surface area (Å²) in [6.45, 7) is 0. The fourth-order valence-corrected chi connectivity index (χ4v) is 4.20. The van der Waals surface area contributed by atoms with Crippen LogP contribution >= 0.6 is 11.8 Å². The molecule has 1 fully saturated rings. The van der Waals surface area contributed by atoms with Gasteiger partial charge in [0.2, 0.25) is 5.91 Å². The van der Waals surface area contributed by atoms with Crippen molar-refractivity contribution in [3.63, 3.8) is 0 Å². The number of ether oxygens (including phenoxy) is 1. The van der Waals surface area contributed by atoms with E-state index in [0.717, 1.165) is 34.9 Å². The minimum absolute atomic E-state index is 0.158. The Labute approximate surface area is 111 Å². The van der Waals surface area contributed by atoms with Crippen molar-refractivity contribution in [2.75, 3.05) is 18.2 Å². The van der Waals surface area contributed by atoms with Crippen LogP contribution in [0.25, 0.3) is 0 Å². The molecule has 96 valence electrons. The van der Waals surface area contributed by atoms with Crippen LogP contribution in [0, 0.1) is 5.41 Å². The zero-order valence-electron chi connectivity index (χ0n) is 10.5. The molecule has 1 aliphatic carbocycles. The summed E-state index contributed by atoms with van der Waals surface area (Å²) in [5.41, 5.74) is 0.688. The molecule has 3 nitrogen and oxygen atoms in total. The third kappa shape index (κ3) is 1.79. The van der Waals surface area contributed by atoms with Gasteiger partial charge in [0.1, 0.15) is 5.75 Å². The zero-order chi connectivity index (χ0) is 12.6. The molecule has 0 atom stereocenters. The van der Waals surface area contributed by atoms with Gasteiger partial charge in [0.25, 0.3) is 0 Å². The van der Waals surface area contributed by atoms with Crippen molar-refractivity contribution in [3.8, 4) is 5.75 Å². The van der Waals surface area contributed by atoms with Crippen LogP contribution in [0.2, 0.25) is 0 Å². The first-order valence-corrected chi connectivity index (χ1v) is 7.35. The number of carbonyl (C=O) groups is 1. The number of thioether (sulfide) groups is 1. The molecule has 18 heavy (non-hydrogen) atoms. The monoisotopic (exact) mass is 263 g/mol. The van der Waals surface area contributed by atoms with Crippen molar-refractivity contribution in [1.29, 1.82) is 0 Å². The fourth-order valence-electron chi connectivity index (χ4n) is 2.88. The van der Waals surface area contributed by atoms with Crippen molar-refractivity contribution >= 4 is 23.4 Å².